The number of aryl methyl sites for hydroxylation is 2. The molecule has 0 aliphatic heterocycles. The molecule has 140 valence electrons. The van der Waals surface area contributed by atoms with Gasteiger partial charge in [0.05, 0.1) is 17.7 Å². The second-order valence-electron chi connectivity index (χ2n) is 7.28. The molecule has 0 bridgehead atoms. The fraction of sp³-hybridized carbons (Fsp3) is 0.273. The monoisotopic (exact) mass is 381 g/mol. The Labute approximate surface area is 160 Å². The van der Waals surface area contributed by atoms with E-state index in [0.29, 0.717) is 11.4 Å². The molecule has 0 saturated heterocycles. The van der Waals surface area contributed by atoms with Gasteiger partial charge < -0.3 is 4.74 Å². The summed E-state index contributed by atoms with van der Waals surface area (Å²) >= 11 is 0. The molecule has 27 heavy (non-hydrogen) atoms. The molecule has 5 heteroatoms. The quantitative estimate of drug-likeness (QED) is 0.686. The summed E-state index contributed by atoms with van der Waals surface area (Å²) in [5, 5.41) is 2.15. The number of nitrogens with one attached hydrogen (secondary N) is 1. The largest absolute Gasteiger partial charge is 0.496 e. The van der Waals surface area contributed by atoms with Crippen LogP contribution in [0.1, 0.15) is 36.5 Å². The predicted octanol–water partition coefficient (Wildman–Crippen LogP) is 4.87. The molecule has 0 radical (unpaired) electrons. The van der Waals surface area contributed by atoms with Crippen molar-refractivity contribution in [2.75, 3.05) is 11.8 Å². The first-order valence-corrected chi connectivity index (χ1v) is 10.6. The van der Waals surface area contributed by atoms with Gasteiger partial charge >= 0.3 is 0 Å². The van der Waals surface area contributed by atoms with E-state index in [1.807, 2.05) is 38.1 Å². The number of hydrogen-bond acceptors (Lipinski definition) is 3. The third-order valence-electron chi connectivity index (χ3n) is 5.25. The van der Waals surface area contributed by atoms with Crippen molar-refractivity contribution in [3.8, 4) is 5.75 Å². The first kappa shape index (κ1) is 17.9. The van der Waals surface area contributed by atoms with E-state index >= 15 is 0 Å². The highest BCUT2D eigenvalue weighted by Gasteiger charge is 2.21. The van der Waals surface area contributed by atoms with Gasteiger partial charge in [-0.3, -0.25) is 4.72 Å². The molecule has 0 saturated carbocycles. The Hall–Kier alpha value is -2.53. The van der Waals surface area contributed by atoms with Crippen LogP contribution in [0.3, 0.4) is 0 Å². The van der Waals surface area contributed by atoms with Gasteiger partial charge in [-0.05, 0) is 65.1 Å². The Bertz CT molecular complexity index is 1120. The zero-order chi connectivity index (χ0) is 19.2. The molecule has 3 aromatic rings. The Balaban J connectivity index is 1.77. The summed E-state index contributed by atoms with van der Waals surface area (Å²) in [7, 11) is -2.10. The number of hydrogen-bond donors (Lipinski definition) is 1. The van der Waals surface area contributed by atoms with Crippen LogP contribution in [0.15, 0.2) is 53.4 Å². The summed E-state index contributed by atoms with van der Waals surface area (Å²) < 4.78 is 34.3. The van der Waals surface area contributed by atoms with Crippen molar-refractivity contribution >= 4 is 26.5 Å². The molecule has 0 aromatic heterocycles. The van der Waals surface area contributed by atoms with Crippen LogP contribution in [0.5, 0.6) is 5.75 Å². The average Bonchev–Trinajstić information content (AvgIpc) is 3.08. The lowest BCUT2D eigenvalue weighted by molar-refractivity contribution is 0.407. The van der Waals surface area contributed by atoms with Gasteiger partial charge in [-0.1, -0.05) is 38.1 Å². The van der Waals surface area contributed by atoms with Gasteiger partial charge in [-0.25, -0.2) is 8.42 Å². The molecule has 0 amide bonds. The smallest absolute Gasteiger partial charge is 0.261 e. The van der Waals surface area contributed by atoms with E-state index in [9.17, 15) is 8.42 Å². The minimum absolute atomic E-state index is 0.159. The first-order valence-electron chi connectivity index (χ1n) is 9.15. The highest BCUT2D eigenvalue weighted by Crippen LogP contribution is 2.36. The maximum atomic E-state index is 13.1. The minimum Gasteiger partial charge on any atom is -0.496 e. The van der Waals surface area contributed by atoms with Crippen LogP contribution in [0, 0.1) is 0 Å². The van der Waals surface area contributed by atoms with Gasteiger partial charge in [0.25, 0.3) is 10.0 Å². The number of rotatable bonds is 5. The van der Waals surface area contributed by atoms with Gasteiger partial charge in [0.1, 0.15) is 5.75 Å². The molecular weight excluding hydrogens is 358 g/mol. The first-order chi connectivity index (χ1) is 12.9. The van der Waals surface area contributed by atoms with Crippen LogP contribution >= 0.6 is 0 Å². The summed E-state index contributed by atoms with van der Waals surface area (Å²) in [5.74, 6) is 0.862. The van der Waals surface area contributed by atoms with Crippen LogP contribution < -0.4 is 9.46 Å². The summed E-state index contributed by atoms with van der Waals surface area (Å²) in [5.41, 5.74) is 4.07. The van der Waals surface area contributed by atoms with Gasteiger partial charge in [0.2, 0.25) is 0 Å². The van der Waals surface area contributed by atoms with E-state index in [1.165, 1.54) is 16.5 Å². The van der Waals surface area contributed by atoms with Crippen molar-refractivity contribution in [2.24, 2.45) is 0 Å². The lowest BCUT2D eigenvalue weighted by Gasteiger charge is -2.15. The lowest BCUT2D eigenvalue weighted by Crippen LogP contribution is -2.14. The maximum Gasteiger partial charge on any atom is 0.261 e. The van der Waals surface area contributed by atoms with Crippen LogP contribution in [0.2, 0.25) is 0 Å². The molecular formula is C22H23NO3S. The molecule has 0 fully saturated rings. The third-order valence-corrected chi connectivity index (χ3v) is 6.62. The second-order valence-corrected chi connectivity index (χ2v) is 8.96. The van der Waals surface area contributed by atoms with Crippen molar-refractivity contribution in [3.05, 3.63) is 65.2 Å². The van der Waals surface area contributed by atoms with E-state index in [2.05, 4.69) is 10.8 Å². The minimum atomic E-state index is -3.70. The molecule has 0 spiro atoms. The van der Waals surface area contributed by atoms with Gasteiger partial charge in [0, 0.05) is 5.39 Å². The Kier molecular flexibility index (Phi) is 4.35. The van der Waals surface area contributed by atoms with Gasteiger partial charge in [-0.2, -0.15) is 0 Å². The van der Waals surface area contributed by atoms with Crippen molar-refractivity contribution in [2.45, 2.75) is 37.5 Å². The fourth-order valence-corrected chi connectivity index (χ4v) is 4.98. The summed E-state index contributed by atoms with van der Waals surface area (Å²) in [6.45, 7) is 4.04. The number of sulfonamides is 1. The van der Waals surface area contributed by atoms with E-state index in [-0.39, 0.29) is 10.8 Å². The standard InChI is InChI=1S/C22H23NO3S/c1-14(2)19-13-17(10-12-21(19)26-3)27(24,25)23-20-11-9-16-8-7-15-5-4-6-18(20)22(15)16/h4-6,9-14,23H,7-8H2,1-3H3. The van der Waals surface area contributed by atoms with E-state index < -0.39 is 10.0 Å². The SMILES string of the molecule is COc1ccc(S(=O)(=O)Nc2ccc3c4c(cccc24)CC3)cc1C(C)C. The highest BCUT2D eigenvalue weighted by atomic mass is 32.2. The van der Waals surface area contributed by atoms with Crippen LogP contribution in [-0.4, -0.2) is 15.5 Å². The molecule has 1 aliphatic rings. The number of ether oxygens (including phenoxy) is 1. The van der Waals surface area contributed by atoms with Crippen LogP contribution in [0.4, 0.5) is 5.69 Å². The van der Waals surface area contributed by atoms with Crippen molar-refractivity contribution in [1.82, 2.24) is 0 Å². The number of methoxy groups -OCH3 is 1. The van der Waals surface area contributed by atoms with E-state index in [1.54, 1.807) is 25.3 Å². The lowest BCUT2D eigenvalue weighted by atomic mass is 10.0. The van der Waals surface area contributed by atoms with Crippen LogP contribution in [-0.2, 0) is 22.9 Å². The van der Waals surface area contributed by atoms with Crippen molar-refractivity contribution < 1.29 is 13.2 Å². The Morgan fingerprint density at radius 2 is 1.74 bits per heavy atom. The summed E-state index contributed by atoms with van der Waals surface area (Å²) in [4.78, 5) is 0.246. The predicted molar refractivity (Wildman–Crippen MR) is 109 cm³/mol. The molecule has 1 N–H and O–H groups in total. The molecule has 3 aromatic carbocycles. The van der Waals surface area contributed by atoms with Crippen molar-refractivity contribution in [3.63, 3.8) is 0 Å². The molecule has 0 unspecified atom stereocenters. The molecule has 4 rings (SSSR count). The van der Waals surface area contributed by atoms with Crippen LogP contribution in [0.25, 0.3) is 10.8 Å². The zero-order valence-corrected chi connectivity index (χ0v) is 16.6. The average molecular weight is 381 g/mol. The third kappa shape index (κ3) is 3.06. The molecule has 4 nitrogen and oxygen atoms in total. The summed E-state index contributed by atoms with van der Waals surface area (Å²) in [6.07, 6.45) is 2.03. The maximum absolute atomic E-state index is 13.1. The second kappa shape index (κ2) is 6.57. The summed E-state index contributed by atoms with van der Waals surface area (Å²) in [6, 6.07) is 15.0. The normalized spacial score (nSPS) is 13.3. The number of anilines is 1. The van der Waals surface area contributed by atoms with Crippen molar-refractivity contribution in [1.29, 1.82) is 0 Å². The number of benzene rings is 3. The van der Waals surface area contributed by atoms with Gasteiger partial charge in [-0.15, -0.1) is 0 Å². The zero-order valence-electron chi connectivity index (χ0n) is 15.7. The fourth-order valence-electron chi connectivity index (χ4n) is 3.87. The molecule has 1 aliphatic carbocycles. The topological polar surface area (TPSA) is 55.4 Å². The van der Waals surface area contributed by atoms with Gasteiger partial charge in [0.15, 0.2) is 0 Å². The highest BCUT2D eigenvalue weighted by molar-refractivity contribution is 7.92. The Morgan fingerprint density at radius 3 is 2.44 bits per heavy atom. The Morgan fingerprint density at radius 1 is 1.00 bits per heavy atom. The van der Waals surface area contributed by atoms with E-state index in [0.717, 1.165) is 23.8 Å². The molecule has 0 atom stereocenters. The molecule has 0 heterocycles. The van der Waals surface area contributed by atoms with E-state index in [4.69, 9.17) is 4.74 Å².